The molecule has 0 aliphatic heterocycles. The van der Waals surface area contributed by atoms with Gasteiger partial charge in [0.15, 0.2) is 5.69 Å². The zero-order valence-electron chi connectivity index (χ0n) is 15.7. The van der Waals surface area contributed by atoms with Crippen LogP contribution in [0.2, 0.25) is 0 Å². The number of ether oxygens (including phenoxy) is 1. The predicted molar refractivity (Wildman–Crippen MR) is 99.8 cm³/mol. The van der Waals surface area contributed by atoms with E-state index in [4.69, 9.17) is 4.74 Å². The molecule has 0 N–H and O–H groups in total. The highest BCUT2D eigenvalue weighted by Crippen LogP contribution is 2.60. The van der Waals surface area contributed by atoms with Gasteiger partial charge in [-0.15, -0.1) is 11.3 Å². The fourth-order valence-electron chi connectivity index (χ4n) is 5.98. The highest BCUT2D eigenvalue weighted by atomic mass is 32.1. The number of thiazole rings is 1. The first kappa shape index (κ1) is 18.0. The third-order valence-electron chi connectivity index (χ3n) is 6.55. The first-order valence-corrected chi connectivity index (χ1v) is 10.7. The van der Waals surface area contributed by atoms with E-state index in [1.807, 2.05) is 4.90 Å². The number of carbonyl (C=O) groups is 2. The quantitative estimate of drug-likeness (QED) is 0.707. The Morgan fingerprint density at radius 3 is 2.38 bits per heavy atom. The monoisotopic (exact) mass is 376 g/mol. The van der Waals surface area contributed by atoms with Crippen molar-refractivity contribution in [2.45, 2.75) is 58.4 Å². The zero-order valence-corrected chi connectivity index (χ0v) is 16.5. The Kier molecular flexibility index (Phi) is 4.80. The molecule has 1 heterocycles. The summed E-state index contributed by atoms with van der Waals surface area (Å²) in [4.78, 5) is 31.6. The number of carbonyl (C=O) groups excluding carboxylic acids is 2. The Hall–Kier alpha value is -1.43. The number of methoxy groups -OCH3 is 1. The average molecular weight is 377 g/mol. The third-order valence-corrected chi connectivity index (χ3v) is 7.38. The molecule has 142 valence electrons. The lowest BCUT2D eigenvalue weighted by Gasteiger charge is -2.56. The van der Waals surface area contributed by atoms with Crippen molar-refractivity contribution in [1.82, 2.24) is 9.88 Å². The molecule has 4 aliphatic rings. The van der Waals surface area contributed by atoms with Gasteiger partial charge in [0.05, 0.1) is 19.1 Å². The normalized spacial score (nSPS) is 31.8. The van der Waals surface area contributed by atoms with Crippen LogP contribution in [-0.4, -0.2) is 35.4 Å². The van der Waals surface area contributed by atoms with Gasteiger partial charge in [0.25, 0.3) is 0 Å². The van der Waals surface area contributed by atoms with Crippen molar-refractivity contribution in [3.05, 3.63) is 16.1 Å². The molecule has 1 aromatic heterocycles. The molecule has 0 aromatic carbocycles. The highest BCUT2D eigenvalue weighted by molar-refractivity contribution is 7.09. The van der Waals surface area contributed by atoms with E-state index in [1.165, 1.54) is 37.7 Å². The Morgan fingerprint density at radius 1 is 1.23 bits per heavy atom. The van der Waals surface area contributed by atoms with Crippen molar-refractivity contribution in [3.8, 4) is 0 Å². The van der Waals surface area contributed by atoms with Gasteiger partial charge in [-0.1, -0.05) is 6.92 Å². The topological polar surface area (TPSA) is 59.5 Å². The number of hydrogen-bond donors (Lipinski definition) is 0. The van der Waals surface area contributed by atoms with Gasteiger partial charge in [0.2, 0.25) is 5.91 Å². The molecule has 4 bridgehead atoms. The molecule has 5 rings (SSSR count). The van der Waals surface area contributed by atoms with E-state index in [0.29, 0.717) is 18.1 Å². The molecule has 1 aromatic rings. The van der Waals surface area contributed by atoms with E-state index in [2.05, 4.69) is 11.9 Å². The van der Waals surface area contributed by atoms with E-state index >= 15 is 0 Å². The van der Waals surface area contributed by atoms with Crippen LogP contribution in [-0.2, 0) is 16.1 Å². The van der Waals surface area contributed by atoms with Crippen molar-refractivity contribution in [3.63, 3.8) is 0 Å². The van der Waals surface area contributed by atoms with Gasteiger partial charge in [-0.2, -0.15) is 0 Å². The van der Waals surface area contributed by atoms with E-state index in [1.54, 1.807) is 5.38 Å². The predicted octanol–water partition coefficient (Wildman–Crippen LogP) is 3.88. The minimum absolute atomic E-state index is 0.119. The molecule has 5 nitrogen and oxygen atoms in total. The van der Waals surface area contributed by atoms with Crippen molar-refractivity contribution in [2.24, 2.45) is 23.2 Å². The van der Waals surface area contributed by atoms with Gasteiger partial charge < -0.3 is 9.64 Å². The molecule has 0 saturated heterocycles. The van der Waals surface area contributed by atoms with Crippen molar-refractivity contribution < 1.29 is 14.3 Å². The first-order valence-electron chi connectivity index (χ1n) is 9.85. The molecular formula is C20H28N2O3S. The lowest BCUT2D eigenvalue weighted by atomic mass is 9.49. The Bertz CT molecular complexity index is 664. The first-order chi connectivity index (χ1) is 12.5. The van der Waals surface area contributed by atoms with Crippen LogP contribution in [0.5, 0.6) is 0 Å². The summed E-state index contributed by atoms with van der Waals surface area (Å²) in [6, 6.07) is 0. The molecule has 1 amide bonds. The second kappa shape index (κ2) is 6.95. The Balaban J connectivity index is 1.52. The van der Waals surface area contributed by atoms with Crippen LogP contribution in [0.15, 0.2) is 5.38 Å². The lowest BCUT2D eigenvalue weighted by molar-refractivity contribution is -0.158. The fraction of sp³-hybridized carbons (Fsp3) is 0.750. The Labute approximate surface area is 159 Å². The van der Waals surface area contributed by atoms with Gasteiger partial charge in [-0.05, 0) is 62.7 Å². The number of hydrogen-bond acceptors (Lipinski definition) is 5. The summed E-state index contributed by atoms with van der Waals surface area (Å²) in [7, 11) is 1.36. The maximum absolute atomic E-state index is 13.6. The van der Waals surface area contributed by atoms with Crippen LogP contribution >= 0.6 is 11.3 Å². The molecule has 26 heavy (non-hydrogen) atoms. The molecule has 0 spiro atoms. The molecule has 4 aliphatic carbocycles. The maximum atomic E-state index is 13.6. The second-order valence-electron chi connectivity index (χ2n) is 8.54. The number of amides is 1. The summed E-state index contributed by atoms with van der Waals surface area (Å²) in [5, 5.41) is 2.54. The highest BCUT2D eigenvalue weighted by Gasteiger charge is 2.55. The van der Waals surface area contributed by atoms with Crippen LogP contribution in [0.1, 0.15) is 67.4 Å². The number of rotatable bonds is 6. The summed E-state index contributed by atoms with van der Waals surface area (Å²) < 4.78 is 4.74. The van der Waals surface area contributed by atoms with E-state index < -0.39 is 5.97 Å². The van der Waals surface area contributed by atoms with Gasteiger partial charge in [0, 0.05) is 11.9 Å². The van der Waals surface area contributed by atoms with E-state index in [9.17, 15) is 9.59 Å². The summed E-state index contributed by atoms with van der Waals surface area (Å²) in [6.45, 7) is 3.38. The van der Waals surface area contributed by atoms with Gasteiger partial charge in [0.1, 0.15) is 5.01 Å². The van der Waals surface area contributed by atoms with E-state index in [0.717, 1.165) is 55.0 Å². The summed E-state index contributed by atoms with van der Waals surface area (Å²) in [5.41, 5.74) is 0.220. The molecule has 0 atom stereocenters. The fourth-order valence-corrected chi connectivity index (χ4v) is 6.75. The van der Waals surface area contributed by atoms with Gasteiger partial charge in [-0.25, -0.2) is 9.78 Å². The third kappa shape index (κ3) is 3.17. The molecular weight excluding hydrogens is 348 g/mol. The zero-order chi connectivity index (χ0) is 18.3. The standard InChI is InChI=1S/C20H28N2O3S/c1-3-4-22(11-17-21-16(12-26-17)18(23)25-2)19(24)20-8-13-5-14(9-20)7-15(6-13)10-20/h12-15H,3-11H2,1-2H3. The molecule has 4 fully saturated rings. The minimum atomic E-state index is -0.415. The molecule has 4 saturated carbocycles. The van der Waals surface area contributed by atoms with Crippen LogP contribution in [0.3, 0.4) is 0 Å². The lowest BCUT2D eigenvalue weighted by Crippen LogP contribution is -2.54. The number of esters is 1. The van der Waals surface area contributed by atoms with E-state index in [-0.39, 0.29) is 5.41 Å². The average Bonchev–Trinajstić information content (AvgIpc) is 3.07. The summed E-state index contributed by atoms with van der Waals surface area (Å²) in [6.07, 6.45) is 8.23. The largest absolute Gasteiger partial charge is 0.464 e. The number of aromatic nitrogens is 1. The van der Waals surface area contributed by atoms with Gasteiger partial charge in [-0.3, -0.25) is 4.79 Å². The molecule has 6 heteroatoms. The van der Waals surface area contributed by atoms with Crippen LogP contribution < -0.4 is 0 Å². The van der Waals surface area contributed by atoms with Crippen molar-refractivity contribution in [1.29, 1.82) is 0 Å². The second-order valence-corrected chi connectivity index (χ2v) is 9.49. The summed E-state index contributed by atoms with van der Waals surface area (Å²) >= 11 is 1.44. The van der Waals surface area contributed by atoms with Crippen molar-refractivity contribution >= 4 is 23.2 Å². The van der Waals surface area contributed by atoms with Crippen molar-refractivity contribution in [2.75, 3.05) is 13.7 Å². The van der Waals surface area contributed by atoms with Crippen LogP contribution in [0.25, 0.3) is 0 Å². The minimum Gasteiger partial charge on any atom is -0.464 e. The van der Waals surface area contributed by atoms with Crippen LogP contribution in [0.4, 0.5) is 0 Å². The van der Waals surface area contributed by atoms with Crippen LogP contribution in [0, 0.1) is 23.2 Å². The summed E-state index contributed by atoms with van der Waals surface area (Å²) in [5.74, 6) is 2.22. The SMILES string of the molecule is CCCN(Cc1nc(C(=O)OC)cs1)C(=O)C12CC3CC(CC(C3)C1)C2. The van der Waals surface area contributed by atoms with Gasteiger partial charge >= 0.3 is 5.97 Å². The maximum Gasteiger partial charge on any atom is 0.357 e. The molecule has 0 radical (unpaired) electrons. The smallest absolute Gasteiger partial charge is 0.357 e. The molecule has 0 unspecified atom stereocenters. The number of nitrogens with zero attached hydrogens (tertiary/aromatic N) is 2. The Morgan fingerprint density at radius 2 is 1.85 bits per heavy atom.